The first-order chi connectivity index (χ1) is 7.28. The van der Waals surface area contributed by atoms with Crippen molar-refractivity contribution in [3.8, 4) is 0 Å². The molecule has 1 aromatic carbocycles. The standard InChI is InChI=1S/C13H16FN/c14-12-3-1-11(2-4-12)13-6-5-10(7-13)8-15-9-13/h1-4,10,15H,5-9H2. The maximum Gasteiger partial charge on any atom is 0.123 e. The van der Waals surface area contributed by atoms with Gasteiger partial charge in [-0.15, -0.1) is 0 Å². The molecule has 2 bridgehead atoms. The van der Waals surface area contributed by atoms with Crippen molar-refractivity contribution in [3.05, 3.63) is 35.6 Å². The molecule has 1 heterocycles. The predicted octanol–water partition coefficient (Wildman–Crippen LogP) is 2.47. The molecular formula is C13H16FN. The average Bonchev–Trinajstić information content (AvgIpc) is 2.56. The molecule has 1 nitrogen and oxygen atoms in total. The summed E-state index contributed by atoms with van der Waals surface area (Å²) >= 11 is 0. The third-order valence-corrected chi connectivity index (χ3v) is 4.06. The summed E-state index contributed by atoms with van der Waals surface area (Å²) in [5, 5.41) is 3.51. The van der Waals surface area contributed by atoms with Gasteiger partial charge in [0.2, 0.25) is 0 Å². The van der Waals surface area contributed by atoms with Crippen molar-refractivity contribution in [2.75, 3.05) is 13.1 Å². The van der Waals surface area contributed by atoms with Crippen molar-refractivity contribution in [2.24, 2.45) is 5.92 Å². The zero-order valence-corrected chi connectivity index (χ0v) is 8.80. The van der Waals surface area contributed by atoms with Gasteiger partial charge in [0, 0.05) is 12.0 Å². The van der Waals surface area contributed by atoms with Crippen LogP contribution in [0.3, 0.4) is 0 Å². The Kier molecular flexibility index (Phi) is 2.06. The molecular weight excluding hydrogens is 189 g/mol. The summed E-state index contributed by atoms with van der Waals surface area (Å²) in [4.78, 5) is 0. The van der Waals surface area contributed by atoms with Crippen LogP contribution in [0.25, 0.3) is 0 Å². The van der Waals surface area contributed by atoms with Crippen molar-refractivity contribution in [1.29, 1.82) is 0 Å². The highest BCUT2D eigenvalue weighted by Crippen LogP contribution is 2.45. The summed E-state index contributed by atoms with van der Waals surface area (Å²) in [5.74, 6) is 0.706. The van der Waals surface area contributed by atoms with E-state index in [1.54, 1.807) is 12.1 Å². The lowest BCUT2D eigenvalue weighted by molar-refractivity contribution is 0.326. The minimum atomic E-state index is -0.131. The van der Waals surface area contributed by atoms with E-state index in [2.05, 4.69) is 5.32 Å². The van der Waals surface area contributed by atoms with E-state index in [-0.39, 0.29) is 5.82 Å². The summed E-state index contributed by atoms with van der Waals surface area (Å²) < 4.78 is 12.9. The van der Waals surface area contributed by atoms with Crippen LogP contribution in [0.1, 0.15) is 24.8 Å². The Bertz CT molecular complexity index is 355. The smallest absolute Gasteiger partial charge is 0.123 e. The van der Waals surface area contributed by atoms with Crippen LogP contribution in [0, 0.1) is 11.7 Å². The van der Waals surface area contributed by atoms with Gasteiger partial charge in [-0.05, 0) is 49.4 Å². The maximum absolute atomic E-state index is 12.9. The van der Waals surface area contributed by atoms with Crippen LogP contribution in [0.5, 0.6) is 0 Å². The van der Waals surface area contributed by atoms with E-state index in [9.17, 15) is 4.39 Å². The van der Waals surface area contributed by atoms with Gasteiger partial charge < -0.3 is 5.32 Å². The molecule has 0 aromatic heterocycles. The largest absolute Gasteiger partial charge is 0.316 e. The number of halogens is 1. The molecule has 1 aromatic rings. The lowest BCUT2D eigenvalue weighted by Crippen LogP contribution is -2.42. The Hall–Kier alpha value is -0.890. The van der Waals surface area contributed by atoms with Gasteiger partial charge in [0.25, 0.3) is 0 Å². The summed E-state index contributed by atoms with van der Waals surface area (Å²) in [7, 11) is 0. The van der Waals surface area contributed by atoms with Gasteiger partial charge in [-0.1, -0.05) is 12.1 Å². The molecule has 0 radical (unpaired) electrons. The molecule has 0 spiro atoms. The zero-order chi connectivity index (χ0) is 10.3. The van der Waals surface area contributed by atoms with Crippen LogP contribution >= 0.6 is 0 Å². The van der Waals surface area contributed by atoms with Crippen molar-refractivity contribution in [2.45, 2.75) is 24.7 Å². The third-order valence-electron chi connectivity index (χ3n) is 4.06. The van der Waals surface area contributed by atoms with E-state index in [0.717, 1.165) is 12.5 Å². The number of piperidine rings is 1. The topological polar surface area (TPSA) is 12.0 Å². The Labute approximate surface area is 89.7 Å². The Morgan fingerprint density at radius 3 is 2.87 bits per heavy atom. The van der Waals surface area contributed by atoms with Crippen LogP contribution in [0.4, 0.5) is 4.39 Å². The molecule has 15 heavy (non-hydrogen) atoms. The fourth-order valence-corrected chi connectivity index (χ4v) is 3.26. The van der Waals surface area contributed by atoms with E-state index in [4.69, 9.17) is 0 Å². The molecule has 2 unspecified atom stereocenters. The van der Waals surface area contributed by atoms with E-state index in [0.29, 0.717) is 5.41 Å². The number of rotatable bonds is 1. The number of benzene rings is 1. The van der Waals surface area contributed by atoms with Crippen molar-refractivity contribution >= 4 is 0 Å². The second-order valence-electron chi connectivity index (χ2n) is 5.03. The first-order valence-corrected chi connectivity index (χ1v) is 5.75. The van der Waals surface area contributed by atoms with Gasteiger partial charge in [-0.2, -0.15) is 0 Å². The molecule has 1 N–H and O–H groups in total. The van der Waals surface area contributed by atoms with Gasteiger partial charge in [-0.3, -0.25) is 0 Å². The van der Waals surface area contributed by atoms with E-state index in [1.165, 1.54) is 31.4 Å². The molecule has 2 heteroatoms. The number of hydrogen-bond donors (Lipinski definition) is 1. The molecule has 2 atom stereocenters. The molecule has 0 amide bonds. The van der Waals surface area contributed by atoms with Crippen molar-refractivity contribution < 1.29 is 4.39 Å². The van der Waals surface area contributed by atoms with E-state index < -0.39 is 0 Å². The fraction of sp³-hybridized carbons (Fsp3) is 0.538. The molecule has 3 rings (SSSR count). The predicted molar refractivity (Wildman–Crippen MR) is 58.3 cm³/mol. The first-order valence-electron chi connectivity index (χ1n) is 5.75. The summed E-state index contributed by atoms with van der Waals surface area (Å²) in [6.45, 7) is 2.23. The summed E-state index contributed by atoms with van der Waals surface area (Å²) in [6, 6.07) is 7.10. The summed E-state index contributed by atoms with van der Waals surface area (Å²) in [5.41, 5.74) is 1.62. The zero-order valence-electron chi connectivity index (χ0n) is 8.80. The molecule has 2 fully saturated rings. The molecule has 1 aliphatic heterocycles. The molecule has 1 saturated carbocycles. The second kappa shape index (κ2) is 3.31. The lowest BCUT2D eigenvalue weighted by atomic mass is 9.76. The van der Waals surface area contributed by atoms with Gasteiger partial charge in [0.15, 0.2) is 0 Å². The van der Waals surface area contributed by atoms with Crippen LogP contribution in [-0.4, -0.2) is 13.1 Å². The fourth-order valence-electron chi connectivity index (χ4n) is 3.26. The Morgan fingerprint density at radius 2 is 2.07 bits per heavy atom. The SMILES string of the molecule is Fc1ccc(C23CCC(CNC2)C3)cc1. The molecule has 1 aliphatic carbocycles. The lowest BCUT2D eigenvalue weighted by Gasteiger charge is -2.34. The monoisotopic (exact) mass is 205 g/mol. The van der Waals surface area contributed by atoms with Crippen LogP contribution in [-0.2, 0) is 5.41 Å². The maximum atomic E-state index is 12.9. The Morgan fingerprint density at radius 1 is 1.27 bits per heavy atom. The molecule has 80 valence electrons. The van der Waals surface area contributed by atoms with Crippen molar-refractivity contribution in [3.63, 3.8) is 0 Å². The van der Waals surface area contributed by atoms with E-state index in [1.807, 2.05) is 12.1 Å². The number of hydrogen-bond acceptors (Lipinski definition) is 1. The third kappa shape index (κ3) is 1.48. The minimum Gasteiger partial charge on any atom is -0.316 e. The summed E-state index contributed by atoms with van der Waals surface area (Å²) in [6.07, 6.45) is 3.87. The normalized spacial score (nSPS) is 34.3. The number of fused-ring (bicyclic) bond motifs is 2. The minimum absolute atomic E-state index is 0.131. The number of nitrogens with one attached hydrogen (secondary N) is 1. The van der Waals surface area contributed by atoms with Crippen LogP contribution in [0.15, 0.2) is 24.3 Å². The molecule has 1 saturated heterocycles. The Balaban J connectivity index is 1.95. The first kappa shape index (κ1) is 9.34. The highest BCUT2D eigenvalue weighted by atomic mass is 19.1. The van der Waals surface area contributed by atoms with E-state index >= 15 is 0 Å². The van der Waals surface area contributed by atoms with Gasteiger partial charge in [-0.25, -0.2) is 4.39 Å². The molecule has 2 aliphatic rings. The average molecular weight is 205 g/mol. The second-order valence-corrected chi connectivity index (χ2v) is 5.03. The van der Waals surface area contributed by atoms with Crippen molar-refractivity contribution in [1.82, 2.24) is 5.32 Å². The van der Waals surface area contributed by atoms with Gasteiger partial charge in [0.1, 0.15) is 5.82 Å². The van der Waals surface area contributed by atoms with Crippen LogP contribution in [0.2, 0.25) is 0 Å². The quantitative estimate of drug-likeness (QED) is 0.742. The van der Waals surface area contributed by atoms with Crippen LogP contribution < -0.4 is 5.32 Å². The van der Waals surface area contributed by atoms with Gasteiger partial charge in [0.05, 0.1) is 0 Å². The highest BCUT2D eigenvalue weighted by Gasteiger charge is 2.42. The highest BCUT2D eigenvalue weighted by molar-refractivity contribution is 5.29. The van der Waals surface area contributed by atoms with Gasteiger partial charge >= 0.3 is 0 Å².